The summed E-state index contributed by atoms with van der Waals surface area (Å²) in [5.41, 5.74) is 1.02. The maximum Gasteiger partial charge on any atom is 0.236 e. The molecule has 1 amide bonds. The van der Waals surface area contributed by atoms with E-state index >= 15 is 0 Å². The molecule has 0 fully saturated rings. The Balaban J connectivity index is 2.55. The third kappa shape index (κ3) is 3.28. The van der Waals surface area contributed by atoms with Crippen molar-refractivity contribution >= 4 is 17.2 Å². The molecular weight excluding hydrogens is 210 g/mol. The van der Waals surface area contributed by atoms with Crippen LogP contribution in [0.5, 0.6) is 0 Å². The van der Waals surface area contributed by atoms with Gasteiger partial charge < -0.3 is 5.32 Å². The number of amides is 1. The zero-order valence-corrected chi connectivity index (χ0v) is 10.3. The summed E-state index contributed by atoms with van der Waals surface area (Å²) in [6.07, 6.45) is 0. The van der Waals surface area contributed by atoms with Gasteiger partial charge in [-0.3, -0.25) is 10.1 Å². The third-order valence-electron chi connectivity index (χ3n) is 2.15. The number of carbonyl (C=O) groups excluding carboxylic acids is 1. The molecule has 0 aliphatic rings. The summed E-state index contributed by atoms with van der Waals surface area (Å²) < 4.78 is 0. The van der Waals surface area contributed by atoms with Crippen molar-refractivity contribution in [2.24, 2.45) is 0 Å². The Morgan fingerprint density at radius 2 is 2.20 bits per heavy atom. The average Bonchev–Trinajstić information content (AvgIpc) is 2.63. The van der Waals surface area contributed by atoms with Crippen LogP contribution in [0, 0.1) is 6.92 Å². The standard InChI is InChI=1S/C10H17N3OS/c1-6-5-15-10(12-6)8(3)13-7(2)9(14)11-4/h5,7-8,13H,1-4H3,(H,11,14). The van der Waals surface area contributed by atoms with Crippen LogP contribution in [0.15, 0.2) is 5.38 Å². The Hall–Kier alpha value is -0.940. The van der Waals surface area contributed by atoms with Crippen molar-refractivity contribution in [1.82, 2.24) is 15.6 Å². The highest BCUT2D eigenvalue weighted by Gasteiger charge is 2.16. The van der Waals surface area contributed by atoms with Crippen molar-refractivity contribution in [2.45, 2.75) is 32.9 Å². The Kier molecular flexibility index (Phi) is 4.23. The molecular formula is C10H17N3OS. The molecule has 0 aliphatic heterocycles. The van der Waals surface area contributed by atoms with E-state index in [1.807, 2.05) is 26.2 Å². The second-order valence-corrected chi connectivity index (χ2v) is 4.44. The van der Waals surface area contributed by atoms with Gasteiger partial charge in [0.25, 0.3) is 0 Å². The monoisotopic (exact) mass is 227 g/mol. The highest BCUT2D eigenvalue weighted by molar-refractivity contribution is 7.09. The van der Waals surface area contributed by atoms with E-state index in [0.29, 0.717) is 0 Å². The van der Waals surface area contributed by atoms with E-state index in [-0.39, 0.29) is 18.0 Å². The van der Waals surface area contributed by atoms with Crippen LogP contribution < -0.4 is 10.6 Å². The molecule has 2 atom stereocenters. The van der Waals surface area contributed by atoms with E-state index < -0.39 is 0 Å². The van der Waals surface area contributed by atoms with Crippen LogP contribution in [0.25, 0.3) is 0 Å². The minimum Gasteiger partial charge on any atom is -0.358 e. The predicted molar refractivity (Wildman–Crippen MR) is 61.9 cm³/mol. The molecule has 0 aliphatic carbocycles. The molecule has 0 saturated heterocycles. The van der Waals surface area contributed by atoms with Gasteiger partial charge in [0.1, 0.15) is 5.01 Å². The van der Waals surface area contributed by atoms with E-state index in [1.54, 1.807) is 18.4 Å². The summed E-state index contributed by atoms with van der Waals surface area (Å²) in [6, 6.07) is -0.0924. The van der Waals surface area contributed by atoms with Crippen LogP contribution in [-0.2, 0) is 4.79 Å². The van der Waals surface area contributed by atoms with Gasteiger partial charge in [0, 0.05) is 18.1 Å². The lowest BCUT2D eigenvalue weighted by atomic mass is 10.2. The fourth-order valence-electron chi connectivity index (χ4n) is 1.31. The van der Waals surface area contributed by atoms with Crippen molar-refractivity contribution in [3.63, 3.8) is 0 Å². The molecule has 2 N–H and O–H groups in total. The summed E-state index contributed by atoms with van der Waals surface area (Å²) in [7, 11) is 1.64. The van der Waals surface area contributed by atoms with E-state index in [2.05, 4.69) is 15.6 Å². The first-order chi connectivity index (χ1) is 7.04. The van der Waals surface area contributed by atoms with Crippen molar-refractivity contribution in [2.75, 3.05) is 7.05 Å². The van der Waals surface area contributed by atoms with E-state index in [1.165, 1.54) is 0 Å². The van der Waals surface area contributed by atoms with E-state index in [9.17, 15) is 4.79 Å². The van der Waals surface area contributed by atoms with Gasteiger partial charge in [-0.15, -0.1) is 11.3 Å². The number of nitrogens with zero attached hydrogens (tertiary/aromatic N) is 1. The molecule has 1 rings (SSSR count). The van der Waals surface area contributed by atoms with E-state index in [4.69, 9.17) is 0 Å². The molecule has 15 heavy (non-hydrogen) atoms. The number of carbonyl (C=O) groups is 1. The lowest BCUT2D eigenvalue weighted by Gasteiger charge is -2.16. The number of likely N-dealkylation sites (N-methyl/N-ethyl adjacent to an activating group) is 1. The molecule has 4 nitrogen and oxygen atoms in total. The average molecular weight is 227 g/mol. The van der Waals surface area contributed by atoms with Crippen molar-refractivity contribution < 1.29 is 4.79 Å². The maximum absolute atomic E-state index is 11.3. The van der Waals surface area contributed by atoms with Crippen LogP contribution in [0.4, 0.5) is 0 Å². The first kappa shape index (κ1) is 12.1. The first-order valence-electron chi connectivity index (χ1n) is 4.94. The quantitative estimate of drug-likeness (QED) is 0.813. The van der Waals surface area contributed by atoms with Gasteiger partial charge in [-0.2, -0.15) is 0 Å². The zero-order valence-electron chi connectivity index (χ0n) is 9.50. The molecule has 0 spiro atoms. The Morgan fingerprint density at radius 3 is 2.67 bits per heavy atom. The summed E-state index contributed by atoms with van der Waals surface area (Å²) >= 11 is 1.61. The number of thiazole rings is 1. The molecule has 1 heterocycles. The predicted octanol–water partition coefficient (Wildman–Crippen LogP) is 1.24. The minimum atomic E-state index is -0.200. The number of aromatic nitrogens is 1. The molecule has 84 valence electrons. The molecule has 0 saturated carbocycles. The SMILES string of the molecule is CNC(=O)C(C)NC(C)c1nc(C)cs1. The molecule has 0 aromatic carbocycles. The molecule has 5 heteroatoms. The zero-order chi connectivity index (χ0) is 11.4. The van der Waals surface area contributed by atoms with Gasteiger partial charge in [0.05, 0.1) is 12.1 Å². The van der Waals surface area contributed by atoms with Gasteiger partial charge in [0.2, 0.25) is 5.91 Å². The smallest absolute Gasteiger partial charge is 0.236 e. The summed E-state index contributed by atoms with van der Waals surface area (Å²) in [5.74, 6) is -0.00451. The van der Waals surface area contributed by atoms with Gasteiger partial charge in [0.15, 0.2) is 0 Å². The van der Waals surface area contributed by atoms with Crippen LogP contribution in [0.3, 0.4) is 0 Å². The second kappa shape index (κ2) is 5.23. The second-order valence-electron chi connectivity index (χ2n) is 3.55. The molecule has 0 bridgehead atoms. The number of nitrogens with one attached hydrogen (secondary N) is 2. The molecule has 1 aromatic heterocycles. The lowest BCUT2D eigenvalue weighted by molar-refractivity contribution is -0.122. The van der Waals surface area contributed by atoms with Gasteiger partial charge in [-0.1, -0.05) is 0 Å². The highest BCUT2D eigenvalue weighted by Crippen LogP contribution is 2.17. The largest absolute Gasteiger partial charge is 0.358 e. The molecule has 2 unspecified atom stereocenters. The van der Waals surface area contributed by atoms with Crippen LogP contribution in [0.2, 0.25) is 0 Å². The fourth-order valence-corrected chi connectivity index (χ4v) is 2.12. The van der Waals surface area contributed by atoms with Crippen LogP contribution >= 0.6 is 11.3 Å². The molecule has 0 radical (unpaired) electrons. The van der Waals surface area contributed by atoms with Crippen molar-refractivity contribution in [3.05, 3.63) is 16.1 Å². The lowest BCUT2D eigenvalue weighted by Crippen LogP contribution is -2.41. The van der Waals surface area contributed by atoms with E-state index in [0.717, 1.165) is 10.7 Å². The Morgan fingerprint density at radius 1 is 1.53 bits per heavy atom. The topological polar surface area (TPSA) is 54.0 Å². The van der Waals surface area contributed by atoms with Crippen molar-refractivity contribution in [3.8, 4) is 0 Å². The maximum atomic E-state index is 11.3. The third-order valence-corrected chi connectivity index (χ3v) is 3.29. The van der Waals surface area contributed by atoms with Crippen LogP contribution in [-0.4, -0.2) is 24.0 Å². The number of aryl methyl sites for hydroxylation is 1. The summed E-state index contributed by atoms with van der Waals surface area (Å²) in [4.78, 5) is 15.7. The number of rotatable bonds is 4. The van der Waals surface area contributed by atoms with Gasteiger partial charge in [-0.05, 0) is 20.8 Å². The van der Waals surface area contributed by atoms with Gasteiger partial charge >= 0.3 is 0 Å². The van der Waals surface area contributed by atoms with Crippen molar-refractivity contribution in [1.29, 1.82) is 0 Å². The fraction of sp³-hybridized carbons (Fsp3) is 0.600. The number of hydrogen-bond donors (Lipinski definition) is 2. The number of hydrogen-bond acceptors (Lipinski definition) is 4. The highest BCUT2D eigenvalue weighted by atomic mass is 32.1. The minimum absolute atomic E-state index is 0.00451. The summed E-state index contributed by atoms with van der Waals surface area (Å²) in [6.45, 7) is 5.82. The van der Waals surface area contributed by atoms with Gasteiger partial charge in [-0.25, -0.2) is 4.98 Å². The Labute approximate surface area is 94.1 Å². The normalized spacial score (nSPS) is 14.7. The van der Waals surface area contributed by atoms with Crippen LogP contribution in [0.1, 0.15) is 30.6 Å². The first-order valence-corrected chi connectivity index (χ1v) is 5.82. The Bertz CT molecular complexity index is 337. The molecule has 1 aromatic rings. The summed E-state index contributed by atoms with van der Waals surface area (Å²) in [5, 5.41) is 8.83.